The summed E-state index contributed by atoms with van der Waals surface area (Å²) in [6, 6.07) is 10.9. The van der Waals surface area contributed by atoms with Crippen molar-refractivity contribution in [1.82, 2.24) is 5.32 Å². The second-order valence-corrected chi connectivity index (χ2v) is 5.57. The molecule has 0 bridgehead atoms. The van der Waals surface area contributed by atoms with Crippen LogP contribution in [0.3, 0.4) is 0 Å². The number of rotatable bonds is 10. The Labute approximate surface area is 159 Å². The van der Waals surface area contributed by atoms with Gasteiger partial charge in [0, 0.05) is 6.54 Å². The predicted octanol–water partition coefficient (Wildman–Crippen LogP) is 2.46. The van der Waals surface area contributed by atoms with Gasteiger partial charge in [-0.25, -0.2) is 0 Å². The Morgan fingerprint density at radius 2 is 1.48 bits per heavy atom. The van der Waals surface area contributed by atoms with Gasteiger partial charge >= 0.3 is 0 Å². The fourth-order valence-corrected chi connectivity index (χ4v) is 2.53. The molecule has 2 aromatic rings. The van der Waals surface area contributed by atoms with Gasteiger partial charge < -0.3 is 29.0 Å². The van der Waals surface area contributed by atoms with Gasteiger partial charge in [-0.2, -0.15) is 0 Å². The SMILES string of the molecule is COc1ccc(CCNC(=O)COc2c(OC)cccc2OC)cc1OC. The number of amides is 1. The first-order valence-electron chi connectivity index (χ1n) is 8.44. The van der Waals surface area contributed by atoms with Gasteiger partial charge in [-0.3, -0.25) is 4.79 Å². The number of methoxy groups -OCH3 is 4. The number of nitrogens with one attached hydrogen (secondary N) is 1. The minimum atomic E-state index is -0.233. The monoisotopic (exact) mass is 375 g/mol. The van der Waals surface area contributed by atoms with E-state index in [2.05, 4.69) is 5.32 Å². The fourth-order valence-electron chi connectivity index (χ4n) is 2.53. The van der Waals surface area contributed by atoms with Crippen LogP contribution in [-0.4, -0.2) is 47.5 Å². The van der Waals surface area contributed by atoms with Crippen molar-refractivity contribution in [2.24, 2.45) is 0 Å². The molecule has 1 N–H and O–H groups in total. The molecule has 7 heteroatoms. The van der Waals surface area contributed by atoms with E-state index in [9.17, 15) is 4.79 Å². The van der Waals surface area contributed by atoms with Gasteiger partial charge in [-0.1, -0.05) is 12.1 Å². The summed E-state index contributed by atoms with van der Waals surface area (Å²) in [6.07, 6.45) is 0.657. The Bertz CT molecular complexity index is 740. The number of carbonyl (C=O) groups excluding carboxylic acids is 1. The van der Waals surface area contributed by atoms with Crippen LogP contribution in [0.15, 0.2) is 36.4 Å². The van der Waals surface area contributed by atoms with Crippen LogP contribution in [-0.2, 0) is 11.2 Å². The molecular formula is C20H25NO6. The summed E-state index contributed by atoms with van der Waals surface area (Å²) in [6.45, 7) is 0.337. The van der Waals surface area contributed by atoms with Crippen LogP contribution in [0.5, 0.6) is 28.7 Å². The zero-order chi connectivity index (χ0) is 19.6. The number of carbonyl (C=O) groups is 1. The molecule has 0 aliphatic rings. The maximum atomic E-state index is 12.1. The molecule has 0 aromatic heterocycles. The maximum Gasteiger partial charge on any atom is 0.257 e. The van der Waals surface area contributed by atoms with Gasteiger partial charge in [0.25, 0.3) is 5.91 Å². The number of hydrogen-bond donors (Lipinski definition) is 1. The Morgan fingerprint density at radius 3 is 2.07 bits per heavy atom. The first kappa shape index (κ1) is 20.2. The molecule has 146 valence electrons. The molecule has 2 aromatic carbocycles. The molecule has 0 spiro atoms. The zero-order valence-electron chi connectivity index (χ0n) is 16.0. The fraction of sp³-hybridized carbons (Fsp3) is 0.350. The molecule has 0 saturated heterocycles. The molecule has 0 heterocycles. The van der Waals surface area contributed by atoms with Crippen molar-refractivity contribution in [3.63, 3.8) is 0 Å². The lowest BCUT2D eigenvalue weighted by atomic mass is 10.1. The van der Waals surface area contributed by atoms with Gasteiger partial charge in [0.1, 0.15) is 0 Å². The van der Waals surface area contributed by atoms with E-state index < -0.39 is 0 Å². The summed E-state index contributed by atoms with van der Waals surface area (Å²) in [5.74, 6) is 2.51. The number of hydrogen-bond acceptors (Lipinski definition) is 6. The van der Waals surface area contributed by atoms with Crippen LogP contribution in [0.1, 0.15) is 5.56 Å². The quantitative estimate of drug-likeness (QED) is 0.688. The summed E-state index contributed by atoms with van der Waals surface area (Å²) >= 11 is 0. The van der Waals surface area contributed by atoms with E-state index in [1.54, 1.807) is 32.4 Å². The van der Waals surface area contributed by atoms with Crippen LogP contribution >= 0.6 is 0 Å². The smallest absolute Gasteiger partial charge is 0.257 e. The van der Waals surface area contributed by atoms with Gasteiger partial charge in [0.2, 0.25) is 5.75 Å². The molecule has 1 amide bonds. The highest BCUT2D eigenvalue weighted by Crippen LogP contribution is 2.36. The van der Waals surface area contributed by atoms with Crippen LogP contribution in [0.2, 0.25) is 0 Å². The van der Waals surface area contributed by atoms with E-state index in [1.807, 2.05) is 18.2 Å². The molecule has 0 fully saturated rings. The first-order chi connectivity index (χ1) is 13.1. The number of ether oxygens (including phenoxy) is 5. The predicted molar refractivity (Wildman–Crippen MR) is 101 cm³/mol. The molecule has 0 atom stereocenters. The standard InChI is InChI=1S/C20H25NO6/c1-23-15-9-8-14(12-18(15)26-4)10-11-21-19(22)13-27-20-16(24-2)6-5-7-17(20)25-3/h5-9,12H,10-11,13H2,1-4H3,(H,21,22). The Kier molecular flexibility index (Phi) is 7.61. The third kappa shape index (κ3) is 5.44. The van der Waals surface area contributed by atoms with Gasteiger partial charge in [-0.15, -0.1) is 0 Å². The molecule has 0 aliphatic heterocycles. The Morgan fingerprint density at radius 1 is 0.852 bits per heavy atom. The van der Waals surface area contributed by atoms with E-state index in [4.69, 9.17) is 23.7 Å². The summed E-state index contributed by atoms with van der Waals surface area (Å²) < 4.78 is 26.6. The Balaban J connectivity index is 1.85. The highest BCUT2D eigenvalue weighted by molar-refractivity contribution is 5.77. The zero-order valence-corrected chi connectivity index (χ0v) is 16.0. The van der Waals surface area contributed by atoms with Crippen molar-refractivity contribution in [2.75, 3.05) is 41.6 Å². The highest BCUT2D eigenvalue weighted by atomic mass is 16.5. The van der Waals surface area contributed by atoms with Crippen LogP contribution < -0.4 is 29.0 Å². The maximum absolute atomic E-state index is 12.1. The number of benzene rings is 2. The van der Waals surface area contributed by atoms with Crippen molar-refractivity contribution in [1.29, 1.82) is 0 Å². The number of para-hydroxylation sites is 1. The molecule has 0 radical (unpaired) electrons. The summed E-state index contributed by atoms with van der Waals surface area (Å²) in [5, 5.41) is 2.82. The van der Waals surface area contributed by atoms with Crippen molar-refractivity contribution in [2.45, 2.75) is 6.42 Å². The molecule has 27 heavy (non-hydrogen) atoms. The largest absolute Gasteiger partial charge is 0.493 e. The van der Waals surface area contributed by atoms with Crippen LogP contribution in [0, 0.1) is 0 Å². The van der Waals surface area contributed by atoms with E-state index in [-0.39, 0.29) is 12.5 Å². The molecule has 0 aliphatic carbocycles. The Hall–Kier alpha value is -3.09. The lowest BCUT2D eigenvalue weighted by molar-refractivity contribution is -0.123. The van der Waals surface area contributed by atoms with Crippen LogP contribution in [0.25, 0.3) is 0 Å². The normalized spacial score (nSPS) is 10.1. The van der Waals surface area contributed by atoms with Crippen molar-refractivity contribution >= 4 is 5.91 Å². The van der Waals surface area contributed by atoms with Crippen molar-refractivity contribution in [3.8, 4) is 28.7 Å². The highest BCUT2D eigenvalue weighted by Gasteiger charge is 2.13. The van der Waals surface area contributed by atoms with E-state index >= 15 is 0 Å². The molecule has 7 nitrogen and oxygen atoms in total. The van der Waals surface area contributed by atoms with E-state index in [0.29, 0.717) is 41.7 Å². The van der Waals surface area contributed by atoms with Gasteiger partial charge in [0.05, 0.1) is 28.4 Å². The second kappa shape index (κ2) is 10.2. The van der Waals surface area contributed by atoms with E-state index in [0.717, 1.165) is 5.56 Å². The topological polar surface area (TPSA) is 75.3 Å². The van der Waals surface area contributed by atoms with Gasteiger partial charge in [0.15, 0.2) is 29.6 Å². The summed E-state index contributed by atoms with van der Waals surface area (Å²) in [4.78, 5) is 12.1. The second-order valence-electron chi connectivity index (χ2n) is 5.57. The third-order valence-electron chi connectivity index (χ3n) is 3.91. The van der Waals surface area contributed by atoms with E-state index in [1.165, 1.54) is 14.2 Å². The average Bonchev–Trinajstić information content (AvgIpc) is 2.71. The van der Waals surface area contributed by atoms with Crippen LogP contribution in [0.4, 0.5) is 0 Å². The third-order valence-corrected chi connectivity index (χ3v) is 3.91. The molecule has 0 saturated carbocycles. The van der Waals surface area contributed by atoms with Crippen molar-refractivity contribution in [3.05, 3.63) is 42.0 Å². The van der Waals surface area contributed by atoms with Crippen molar-refractivity contribution < 1.29 is 28.5 Å². The average molecular weight is 375 g/mol. The minimum absolute atomic E-state index is 0.136. The lowest BCUT2D eigenvalue weighted by Gasteiger charge is -2.14. The first-order valence-corrected chi connectivity index (χ1v) is 8.44. The molecule has 0 unspecified atom stereocenters. The minimum Gasteiger partial charge on any atom is -0.493 e. The summed E-state index contributed by atoms with van der Waals surface area (Å²) in [5.41, 5.74) is 1.03. The lowest BCUT2D eigenvalue weighted by Crippen LogP contribution is -2.30. The summed E-state index contributed by atoms with van der Waals surface area (Å²) in [7, 11) is 6.25. The molecule has 2 rings (SSSR count). The van der Waals surface area contributed by atoms with Gasteiger partial charge in [-0.05, 0) is 36.2 Å². The molecular weight excluding hydrogens is 350 g/mol.